The van der Waals surface area contributed by atoms with E-state index in [4.69, 9.17) is 65.5 Å². The van der Waals surface area contributed by atoms with Gasteiger partial charge in [-0.3, -0.25) is 27.2 Å². The molecule has 0 aliphatic heterocycles. The number of nitrogens with zero attached hydrogens (tertiary/aromatic N) is 10. The molecule has 0 fully saturated rings. The average molecular weight is 1080 g/mol. The van der Waals surface area contributed by atoms with Gasteiger partial charge in [0.25, 0.3) is 0 Å². The highest BCUT2D eigenvalue weighted by molar-refractivity contribution is 7.53. The van der Waals surface area contributed by atoms with Crippen LogP contribution in [0.2, 0.25) is 0 Å². The average Bonchev–Trinajstić information content (AvgIpc) is 3.91. The van der Waals surface area contributed by atoms with Crippen molar-refractivity contribution >= 4 is 73.8 Å². The van der Waals surface area contributed by atoms with Crippen molar-refractivity contribution in [2.45, 2.75) is 119 Å². The second-order valence-electron chi connectivity index (χ2n) is 16.0. The van der Waals surface area contributed by atoms with Gasteiger partial charge in [0, 0.05) is 0 Å². The SMILES string of the molecule is CC(C)OC(=O)OCOP(=O)(CO[C@H](C)Cn1cnc2c(NCN(N=O)c3ncnc4c3ncn4C[C@@H](C)OCP(=O)(OCOC(=O)OC(C)C)OCOC(=O)OC(C)C)ncnc21)OCOC(=O)OC(C)C. The molecular formula is C39H59N11O21P2. The van der Waals surface area contributed by atoms with Gasteiger partial charge in [0.1, 0.15) is 37.5 Å². The van der Waals surface area contributed by atoms with Crippen LogP contribution in [-0.2, 0) is 87.7 Å². The van der Waals surface area contributed by atoms with E-state index in [0.717, 1.165) is 5.01 Å². The summed E-state index contributed by atoms with van der Waals surface area (Å²) < 4.78 is 101. The molecule has 0 bridgehead atoms. The number of anilines is 2. The maximum absolute atomic E-state index is 13.6. The van der Waals surface area contributed by atoms with Gasteiger partial charge in [-0.15, -0.1) is 4.91 Å². The van der Waals surface area contributed by atoms with Crippen LogP contribution in [0.25, 0.3) is 22.3 Å². The summed E-state index contributed by atoms with van der Waals surface area (Å²) in [4.78, 5) is 85.5. The highest BCUT2D eigenvalue weighted by Gasteiger charge is 2.31. The molecule has 0 spiro atoms. The van der Waals surface area contributed by atoms with Crippen LogP contribution in [0.15, 0.2) is 30.6 Å². The molecule has 34 heteroatoms. The first-order valence-corrected chi connectivity index (χ1v) is 25.5. The van der Waals surface area contributed by atoms with Gasteiger partial charge in [-0.1, -0.05) is 0 Å². The van der Waals surface area contributed by atoms with Gasteiger partial charge >= 0.3 is 39.8 Å². The lowest BCUT2D eigenvalue weighted by molar-refractivity contribution is -0.0390. The van der Waals surface area contributed by atoms with Gasteiger partial charge in [-0.05, 0) is 69.2 Å². The Balaban J connectivity index is 1.38. The summed E-state index contributed by atoms with van der Waals surface area (Å²) in [6.45, 7) is 12.5. The highest BCUT2D eigenvalue weighted by atomic mass is 31.2. The quantitative estimate of drug-likeness (QED) is 0.0135. The molecule has 2 atom stereocenters. The number of nitroso groups, excluding NO2 is 1. The van der Waals surface area contributed by atoms with Crippen molar-refractivity contribution in [3.05, 3.63) is 30.2 Å². The standard InChI is InChI=1S/C39H59N11O21P2/c1-24(2)68-36(51)58-18-64-72(56,65-19-59-37(52)69-25(3)4)22-62-28(9)11-48-15-44-30-32(40-13-41-33(30)48)46-17-50(47-55)35-31-34(42-14-43-35)49(16-45-31)12-29(10)63-23-73(57,66-20-60-38(53)70-26(5)6)67-21-61-39(54)71-27(7)8/h13-16,24-29H,11-12,17-23H2,1-10H3,(H,40,41,46)/t28-,29-/m1/s1. The van der Waals surface area contributed by atoms with Gasteiger partial charge in [0.15, 0.2) is 28.4 Å². The van der Waals surface area contributed by atoms with Crippen LogP contribution in [0.3, 0.4) is 0 Å². The largest absolute Gasteiger partial charge is 0.510 e. The first kappa shape index (κ1) is 59.2. The smallest absolute Gasteiger partial charge is 0.432 e. The molecule has 0 aliphatic carbocycles. The van der Waals surface area contributed by atoms with E-state index < -0.39 is 116 Å². The number of nitrogens with one attached hydrogen (secondary N) is 1. The van der Waals surface area contributed by atoms with Crippen LogP contribution < -0.4 is 10.3 Å². The summed E-state index contributed by atoms with van der Waals surface area (Å²) in [5, 5.41) is 7.08. The summed E-state index contributed by atoms with van der Waals surface area (Å²) >= 11 is 0. The fourth-order valence-electron chi connectivity index (χ4n) is 5.47. The van der Waals surface area contributed by atoms with E-state index in [1.807, 2.05) is 0 Å². The van der Waals surface area contributed by atoms with Crippen LogP contribution >= 0.6 is 15.2 Å². The zero-order valence-electron chi connectivity index (χ0n) is 41.6. The Bertz CT molecular complexity index is 2470. The third-order valence-corrected chi connectivity index (χ3v) is 11.4. The Morgan fingerprint density at radius 3 is 1.32 bits per heavy atom. The summed E-state index contributed by atoms with van der Waals surface area (Å²) in [6, 6.07) is 0. The van der Waals surface area contributed by atoms with Gasteiger partial charge in [-0.2, -0.15) is 5.01 Å². The van der Waals surface area contributed by atoms with E-state index in [1.165, 1.54) is 25.3 Å². The monoisotopic (exact) mass is 1080 g/mol. The molecule has 4 heterocycles. The van der Waals surface area contributed by atoms with Crippen LogP contribution in [-0.4, -0.2) is 147 Å². The van der Waals surface area contributed by atoms with E-state index >= 15 is 0 Å². The molecule has 4 aromatic rings. The molecule has 4 rings (SSSR count). The minimum absolute atomic E-state index is 0.00858. The highest BCUT2D eigenvalue weighted by Crippen LogP contribution is 2.49. The Labute approximate surface area is 417 Å². The zero-order valence-corrected chi connectivity index (χ0v) is 43.4. The topological polar surface area (TPSA) is 364 Å². The number of ether oxygens (including phenoxy) is 10. The van der Waals surface area contributed by atoms with E-state index in [1.54, 1.807) is 78.4 Å². The van der Waals surface area contributed by atoms with Crippen LogP contribution in [0.1, 0.15) is 69.2 Å². The molecule has 406 valence electrons. The summed E-state index contributed by atoms with van der Waals surface area (Å²) in [6.07, 6.45) is -3.88. The van der Waals surface area contributed by atoms with Crippen molar-refractivity contribution in [1.29, 1.82) is 0 Å². The summed E-state index contributed by atoms with van der Waals surface area (Å²) in [7, 11) is -8.51. The molecule has 73 heavy (non-hydrogen) atoms. The predicted molar refractivity (Wildman–Crippen MR) is 248 cm³/mol. The molecule has 0 aliphatic rings. The van der Waals surface area contributed by atoms with Crippen LogP contribution in [0.4, 0.5) is 30.8 Å². The minimum Gasteiger partial charge on any atom is -0.432 e. The van der Waals surface area contributed by atoms with E-state index in [0.29, 0.717) is 5.65 Å². The number of rotatable bonds is 31. The fraction of sp³-hybridized carbons (Fsp3) is 0.641. The lowest BCUT2D eigenvalue weighted by Crippen LogP contribution is -2.25. The molecule has 1 N–H and O–H groups in total. The van der Waals surface area contributed by atoms with E-state index in [2.05, 4.69) is 40.5 Å². The number of fused-ring (bicyclic) bond motifs is 2. The number of carbonyl (C=O) groups is 4. The third-order valence-electron chi connectivity index (χ3n) is 8.50. The van der Waals surface area contributed by atoms with Crippen molar-refractivity contribution in [1.82, 2.24) is 39.0 Å². The van der Waals surface area contributed by atoms with Gasteiger partial charge in [0.05, 0.1) is 67.7 Å². The number of aromatic nitrogens is 8. The molecule has 4 aromatic heterocycles. The van der Waals surface area contributed by atoms with Gasteiger partial charge in [-0.25, -0.2) is 49.1 Å². The number of carbonyl (C=O) groups excluding carboxylic acids is 4. The molecule has 0 amide bonds. The number of hydrogen-bond acceptors (Lipinski definition) is 29. The van der Waals surface area contributed by atoms with Crippen molar-refractivity contribution in [3.8, 4) is 0 Å². The first-order chi connectivity index (χ1) is 34.6. The molecule has 0 saturated heterocycles. The summed E-state index contributed by atoms with van der Waals surface area (Å²) in [5.74, 6) is 0.203. The second-order valence-corrected chi connectivity index (χ2v) is 20.0. The molecule has 0 saturated carbocycles. The first-order valence-electron chi connectivity index (χ1n) is 22.1. The predicted octanol–water partition coefficient (Wildman–Crippen LogP) is 6.78. The zero-order chi connectivity index (χ0) is 53.7. The molecule has 32 nitrogen and oxygen atoms in total. The maximum atomic E-state index is 13.6. The Kier molecular flexibility index (Phi) is 23.3. The van der Waals surface area contributed by atoms with Gasteiger partial charge in [0.2, 0.25) is 27.2 Å². The lowest BCUT2D eigenvalue weighted by atomic mass is 10.4. The van der Waals surface area contributed by atoms with Crippen molar-refractivity contribution in [2.75, 3.05) is 56.9 Å². The Hall–Kier alpha value is -6.40. The van der Waals surface area contributed by atoms with E-state index in [9.17, 15) is 33.2 Å². The lowest BCUT2D eigenvalue weighted by Gasteiger charge is -2.21. The normalized spacial score (nSPS) is 12.7. The number of imidazole rings is 2. The van der Waals surface area contributed by atoms with Crippen molar-refractivity contribution < 1.29 is 93.8 Å². The van der Waals surface area contributed by atoms with Crippen molar-refractivity contribution in [3.63, 3.8) is 0 Å². The van der Waals surface area contributed by atoms with Crippen LogP contribution in [0.5, 0.6) is 0 Å². The number of hydrogen-bond donors (Lipinski definition) is 1. The minimum atomic E-state index is -4.26. The summed E-state index contributed by atoms with van der Waals surface area (Å²) in [5.41, 5.74) is 1.03. The molecule has 0 radical (unpaired) electrons. The Morgan fingerprint density at radius 1 is 0.562 bits per heavy atom. The third kappa shape index (κ3) is 20.2. The van der Waals surface area contributed by atoms with E-state index in [-0.39, 0.29) is 48.1 Å². The molecule has 0 unspecified atom stereocenters. The van der Waals surface area contributed by atoms with Crippen LogP contribution in [0, 0.1) is 4.91 Å². The van der Waals surface area contributed by atoms with Crippen molar-refractivity contribution in [2.24, 2.45) is 5.29 Å². The molecular weight excluding hydrogens is 1020 g/mol. The maximum Gasteiger partial charge on any atom is 0.510 e. The fourth-order valence-corrected chi connectivity index (χ4v) is 7.65. The molecule has 0 aromatic carbocycles. The van der Waals surface area contributed by atoms with Gasteiger partial charge < -0.3 is 61.8 Å². The second kappa shape index (κ2) is 28.7. The Morgan fingerprint density at radius 2 is 0.932 bits per heavy atom.